The maximum Gasteiger partial charge on any atom is 0.332 e. The zero-order valence-corrected chi connectivity index (χ0v) is 9.62. The molecule has 1 unspecified atom stereocenters. The lowest BCUT2D eigenvalue weighted by Gasteiger charge is -2.08. The third-order valence-electron chi connectivity index (χ3n) is 1.83. The molecule has 1 aromatic rings. The Morgan fingerprint density at radius 2 is 2.33 bits per heavy atom. The molecule has 1 aromatic carbocycles. The zero-order chi connectivity index (χ0) is 11.4. The third kappa shape index (κ3) is 3.60. The van der Waals surface area contributed by atoms with Crippen LogP contribution in [0.2, 0.25) is 0 Å². The van der Waals surface area contributed by atoms with Gasteiger partial charge in [-0.15, -0.1) is 0 Å². The number of carboxylic acids is 1. The largest absolute Gasteiger partial charge is 0.479 e. The summed E-state index contributed by atoms with van der Waals surface area (Å²) in [4.78, 5) is 10.4. The van der Waals surface area contributed by atoms with Crippen molar-refractivity contribution in [3.8, 4) is 0 Å². The van der Waals surface area contributed by atoms with Gasteiger partial charge in [0.1, 0.15) is 5.82 Å². The first kappa shape index (κ1) is 12.1. The first-order valence-corrected chi connectivity index (χ1v) is 5.08. The summed E-state index contributed by atoms with van der Waals surface area (Å²) >= 11 is 3.04. The van der Waals surface area contributed by atoms with Gasteiger partial charge in [-0.05, 0) is 40.5 Å². The van der Waals surface area contributed by atoms with Crippen LogP contribution < -0.4 is 0 Å². The molecule has 1 atom stereocenters. The number of rotatable bonds is 4. The molecule has 0 radical (unpaired) electrons. The highest BCUT2D eigenvalue weighted by molar-refractivity contribution is 9.10. The molecule has 1 rings (SSSR count). The Bertz CT molecular complexity index is 368. The predicted octanol–water partition coefficient (Wildman–Crippen LogP) is 2.58. The Hall–Kier alpha value is -0.940. The van der Waals surface area contributed by atoms with Gasteiger partial charge in [-0.1, -0.05) is 6.07 Å². The molecule has 0 saturated carbocycles. The number of halogens is 2. The second-order valence-electron chi connectivity index (χ2n) is 3.04. The SMILES string of the molecule is CC(OCc1ccc(F)c(Br)c1)C(=O)O. The minimum Gasteiger partial charge on any atom is -0.479 e. The fourth-order valence-corrected chi connectivity index (χ4v) is 1.35. The van der Waals surface area contributed by atoms with Gasteiger partial charge >= 0.3 is 5.97 Å². The van der Waals surface area contributed by atoms with E-state index in [1.54, 1.807) is 12.1 Å². The number of benzene rings is 1. The van der Waals surface area contributed by atoms with E-state index >= 15 is 0 Å². The molecule has 0 aliphatic rings. The van der Waals surface area contributed by atoms with Crippen molar-refractivity contribution in [3.63, 3.8) is 0 Å². The Morgan fingerprint density at radius 3 is 2.87 bits per heavy atom. The molecule has 0 amide bonds. The molecular weight excluding hydrogens is 267 g/mol. The number of carbonyl (C=O) groups is 1. The average molecular weight is 277 g/mol. The summed E-state index contributed by atoms with van der Waals surface area (Å²) in [6, 6.07) is 4.41. The standard InChI is InChI=1S/C10H10BrFO3/c1-6(10(13)14)15-5-7-2-3-9(12)8(11)4-7/h2-4,6H,5H2,1H3,(H,13,14). The molecule has 0 fully saturated rings. The fraction of sp³-hybridized carbons (Fsp3) is 0.300. The minimum absolute atomic E-state index is 0.145. The van der Waals surface area contributed by atoms with E-state index in [4.69, 9.17) is 9.84 Å². The summed E-state index contributed by atoms with van der Waals surface area (Å²) in [6.07, 6.45) is -0.867. The van der Waals surface area contributed by atoms with Crippen molar-refractivity contribution in [3.05, 3.63) is 34.1 Å². The van der Waals surface area contributed by atoms with Crippen molar-refractivity contribution in [2.45, 2.75) is 19.6 Å². The Morgan fingerprint density at radius 1 is 1.67 bits per heavy atom. The van der Waals surface area contributed by atoms with Gasteiger partial charge in [0.2, 0.25) is 0 Å². The van der Waals surface area contributed by atoms with Crippen LogP contribution in [0.15, 0.2) is 22.7 Å². The van der Waals surface area contributed by atoms with Gasteiger partial charge in [0.15, 0.2) is 6.10 Å². The highest BCUT2D eigenvalue weighted by Gasteiger charge is 2.11. The van der Waals surface area contributed by atoms with Gasteiger partial charge < -0.3 is 9.84 Å². The van der Waals surface area contributed by atoms with Crippen LogP contribution in [0.1, 0.15) is 12.5 Å². The van der Waals surface area contributed by atoms with Crippen molar-refractivity contribution >= 4 is 21.9 Å². The first-order chi connectivity index (χ1) is 7.00. The summed E-state index contributed by atoms with van der Waals surface area (Å²) < 4.78 is 18.2. The molecule has 0 bridgehead atoms. The Balaban J connectivity index is 2.58. The fourth-order valence-electron chi connectivity index (χ4n) is 0.922. The number of carboxylic acid groups (broad SMARTS) is 1. The molecule has 1 N–H and O–H groups in total. The van der Waals surface area contributed by atoms with E-state index in [1.807, 2.05) is 0 Å². The summed E-state index contributed by atoms with van der Waals surface area (Å²) in [5.41, 5.74) is 0.719. The monoisotopic (exact) mass is 276 g/mol. The maximum absolute atomic E-state index is 12.8. The molecule has 3 nitrogen and oxygen atoms in total. The molecule has 0 heterocycles. The van der Waals surface area contributed by atoms with Gasteiger partial charge in [0.25, 0.3) is 0 Å². The topological polar surface area (TPSA) is 46.5 Å². The molecule has 0 aliphatic heterocycles. The van der Waals surface area contributed by atoms with Crippen LogP contribution in [-0.4, -0.2) is 17.2 Å². The number of hydrogen-bond donors (Lipinski definition) is 1. The molecule has 82 valence electrons. The van der Waals surface area contributed by atoms with Gasteiger partial charge in [-0.25, -0.2) is 9.18 Å². The summed E-state index contributed by atoms with van der Waals surface area (Å²) in [5.74, 6) is -1.37. The zero-order valence-electron chi connectivity index (χ0n) is 8.04. The maximum atomic E-state index is 12.8. The molecule has 0 aliphatic carbocycles. The summed E-state index contributed by atoms with van der Waals surface area (Å²) in [7, 11) is 0. The van der Waals surface area contributed by atoms with Crippen LogP contribution in [0, 0.1) is 5.82 Å². The van der Waals surface area contributed by atoms with Gasteiger partial charge in [0, 0.05) is 0 Å². The van der Waals surface area contributed by atoms with E-state index in [1.165, 1.54) is 13.0 Å². The Kier molecular flexibility index (Phi) is 4.23. The molecule has 0 spiro atoms. The molecule has 0 aromatic heterocycles. The van der Waals surface area contributed by atoms with Crippen LogP contribution in [0.3, 0.4) is 0 Å². The highest BCUT2D eigenvalue weighted by atomic mass is 79.9. The summed E-state index contributed by atoms with van der Waals surface area (Å²) in [6.45, 7) is 1.59. The number of hydrogen-bond acceptors (Lipinski definition) is 2. The van der Waals surface area contributed by atoms with Crippen LogP contribution in [0.5, 0.6) is 0 Å². The predicted molar refractivity (Wildman–Crippen MR) is 56.0 cm³/mol. The molecule has 5 heteroatoms. The highest BCUT2D eigenvalue weighted by Crippen LogP contribution is 2.17. The molecule has 15 heavy (non-hydrogen) atoms. The van der Waals surface area contributed by atoms with E-state index in [0.717, 1.165) is 5.56 Å². The lowest BCUT2D eigenvalue weighted by molar-refractivity contribution is -0.149. The molecule has 0 saturated heterocycles. The minimum atomic E-state index is -1.02. The van der Waals surface area contributed by atoms with E-state index < -0.39 is 12.1 Å². The van der Waals surface area contributed by atoms with Crippen molar-refractivity contribution in [2.75, 3.05) is 0 Å². The first-order valence-electron chi connectivity index (χ1n) is 4.29. The van der Waals surface area contributed by atoms with E-state index in [-0.39, 0.29) is 12.4 Å². The van der Waals surface area contributed by atoms with Crippen molar-refractivity contribution in [1.82, 2.24) is 0 Å². The van der Waals surface area contributed by atoms with Crippen molar-refractivity contribution < 1.29 is 19.0 Å². The quantitative estimate of drug-likeness (QED) is 0.920. The van der Waals surface area contributed by atoms with E-state index in [0.29, 0.717) is 4.47 Å². The third-order valence-corrected chi connectivity index (χ3v) is 2.44. The number of aliphatic carboxylic acids is 1. The van der Waals surface area contributed by atoms with Crippen LogP contribution in [0.4, 0.5) is 4.39 Å². The lowest BCUT2D eigenvalue weighted by atomic mass is 10.2. The molecular formula is C10H10BrFO3. The van der Waals surface area contributed by atoms with Gasteiger partial charge in [-0.3, -0.25) is 0 Å². The lowest BCUT2D eigenvalue weighted by Crippen LogP contribution is -2.19. The second kappa shape index (κ2) is 5.23. The van der Waals surface area contributed by atoms with Gasteiger partial charge in [-0.2, -0.15) is 0 Å². The van der Waals surface area contributed by atoms with Gasteiger partial charge in [0.05, 0.1) is 11.1 Å². The smallest absolute Gasteiger partial charge is 0.332 e. The average Bonchev–Trinajstić information content (AvgIpc) is 2.19. The van der Waals surface area contributed by atoms with Crippen LogP contribution in [-0.2, 0) is 16.1 Å². The second-order valence-corrected chi connectivity index (χ2v) is 3.89. The van der Waals surface area contributed by atoms with E-state index in [9.17, 15) is 9.18 Å². The van der Waals surface area contributed by atoms with Crippen molar-refractivity contribution in [2.24, 2.45) is 0 Å². The van der Waals surface area contributed by atoms with Crippen molar-refractivity contribution in [1.29, 1.82) is 0 Å². The normalized spacial score (nSPS) is 12.5. The number of ether oxygens (including phenoxy) is 1. The van der Waals surface area contributed by atoms with Crippen LogP contribution in [0.25, 0.3) is 0 Å². The van der Waals surface area contributed by atoms with E-state index in [2.05, 4.69) is 15.9 Å². The summed E-state index contributed by atoms with van der Waals surface area (Å²) in [5, 5.41) is 8.56. The Labute approximate surface area is 95.0 Å². The van der Waals surface area contributed by atoms with Crippen LogP contribution >= 0.6 is 15.9 Å².